The quantitative estimate of drug-likeness (QED) is 0.716. The lowest BCUT2D eigenvalue weighted by Crippen LogP contribution is -1.99. The Morgan fingerprint density at radius 1 is 1.33 bits per heavy atom. The van der Waals surface area contributed by atoms with E-state index in [2.05, 4.69) is 19.9 Å². The maximum absolute atomic E-state index is 5.71. The minimum atomic E-state index is 0.729. The first kappa shape index (κ1) is 12.2. The van der Waals surface area contributed by atoms with Gasteiger partial charge in [-0.05, 0) is 37.3 Å². The molecule has 0 amide bonds. The van der Waals surface area contributed by atoms with Gasteiger partial charge in [-0.15, -0.1) is 11.8 Å². The zero-order valence-electron chi connectivity index (χ0n) is 9.79. The molecule has 0 unspecified atom stereocenters. The summed E-state index contributed by atoms with van der Waals surface area (Å²) >= 11 is 1.68. The van der Waals surface area contributed by atoms with Gasteiger partial charge in [-0.3, -0.25) is 0 Å². The van der Waals surface area contributed by atoms with Crippen molar-refractivity contribution < 1.29 is 9.47 Å². The highest BCUT2D eigenvalue weighted by molar-refractivity contribution is 7.98. The Bertz CT molecular complexity index is 298. The van der Waals surface area contributed by atoms with E-state index in [1.807, 2.05) is 12.3 Å². The van der Waals surface area contributed by atoms with Crippen LogP contribution in [-0.2, 0) is 0 Å². The van der Waals surface area contributed by atoms with Crippen LogP contribution in [0.15, 0.2) is 17.0 Å². The molecule has 0 aromatic heterocycles. The molecule has 0 N–H and O–H groups in total. The second-order valence-corrected chi connectivity index (χ2v) is 4.20. The van der Waals surface area contributed by atoms with E-state index in [9.17, 15) is 0 Å². The van der Waals surface area contributed by atoms with Gasteiger partial charge in [0.05, 0.1) is 18.6 Å². The molecule has 2 nitrogen and oxygen atoms in total. The number of methoxy groups -OCH3 is 1. The van der Waals surface area contributed by atoms with Crippen LogP contribution in [0.2, 0.25) is 0 Å². The lowest BCUT2D eigenvalue weighted by molar-refractivity contribution is 0.287. The molecule has 0 fully saturated rings. The van der Waals surface area contributed by atoms with Crippen molar-refractivity contribution in [2.24, 2.45) is 0 Å². The van der Waals surface area contributed by atoms with Gasteiger partial charge in [0.15, 0.2) is 11.5 Å². The number of benzene rings is 1. The molecule has 0 aliphatic rings. The van der Waals surface area contributed by atoms with Crippen molar-refractivity contribution in [1.82, 2.24) is 0 Å². The van der Waals surface area contributed by atoms with Crippen molar-refractivity contribution >= 4 is 11.8 Å². The molecular formula is C12H18O2S. The third kappa shape index (κ3) is 3.06. The summed E-state index contributed by atoms with van der Waals surface area (Å²) in [5.74, 6) is 1.70. The maximum Gasteiger partial charge on any atom is 0.174 e. The van der Waals surface area contributed by atoms with Gasteiger partial charge in [0.1, 0.15) is 0 Å². The molecule has 1 aromatic rings. The molecule has 0 spiro atoms. The lowest BCUT2D eigenvalue weighted by atomic mass is 10.2. The van der Waals surface area contributed by atoms with Gasteiger partial charge in [0, 0.05) is 0 Å². The number of ether oxygens (including phenoxy) is 2. The molecule has 0 bridgehead atoms. The van der Waals surface area contributed by atoms with E-state index in [1.54, 1.807) is 18.9 Å². The number of aryl methyl sites for hydroxylation is 1. The highest BCUT2D eigenvalue weighted by Gasteiger charge is 2.10. The summed E-state index contributed by atoms with van der Waals surface area (Å²) in [6.07, 6.45) is 3.05. The third-order valence-electron chi connectivity index (χ3n) is 2.06. The van der Waals surface area contributed by atoms with Crippen molar-refractivity contribution in [1.29, 1.82) is 0 Å². The summed E-state index contributed by atoms with van der Waals surface area (Å²) in [7, 11) is 1.68. The van der Waals surface area contributed by atoms with Crippen LogP contribution in [0.5, 0.6) is 11.5 Å². The van der Waals surface area contributed by atoms with E-state index >= 15 is 0 Å². The molecule has 0 saturated carbocycles. The molecule has 0 atom stereocenters. The number of hydrogen-bond donors (Lipinski definition) is 0. The Hall–Kier alpha value is -0.830. The van der Waals surface area contributed by atoms with Gasteiger partial charge in [-0.25, -0.2) is 0 Å². The first-order valence-electron chi connectivity index (χ1n) is 5.08. The van der Waals surface area contributed by atoms with E-state index in [4.69, 9.17) is 9.47 Å². The second kappa shape index (κ2) is 5.91. The predicted octanol–water partition coefficient (Wildman–Crippen LogP) is 3.51. The molecule has 84 valence electrons. The van der Waals surface area contributed by atoms with Crippen LogP contribution < -0.4 is 9.47 Å². The average molecular weight is 226 g/mol. The summed E-state index contributed by atoms with van der Waals surface area (Å²) in [5, 5.41) is 0. The first-order valence-corrected chi connectivity index (χ1v) is 6.30. The molecule has 0 aliphatic heterocycles. The van der Waals surface area contributed by atoms with Gasteiger partial charge < -0.3 is 9.47 Å². The summed E-state index contributed by atoms with van der Waals surface area (Å²) in [6.45, 7) is 4.89. The largest absolute Gasteiger partial charge is 0.493 e. The van der Waals surface area contributed by atoms with Gasteiger partial charge >= 0.3 is 0 Å². The number of thioether (sulfide) groups is 1. The standard InChI is InChI=1S/C12H18O2S/c1-5-6-14-12-10(13-3)7-9(2)8-11(12)15-4/h7-8H,5-6H2,1-4H3. The molecular weight excluding hydrogens is 208 g/mol. The topological polar surface area (TPSA) is 18.5 Å². The smallest absolute Gasteiger partial charge is 0.174 e. The zero-order chi connectivity index (χ0) is 11.3. The molecule has 1 rings (SSSR count). The fourth-order valence-corrected chi connectivity index (χ4v) is 2.01. The van der Waals surface area contributed by atoms with Crippen molar-refractivity contribution in [3.05, 3.63) is 17.7 Å². The summed E-state index contributed by atoms with van der Waals surface area (Å²) in [6, 6.07) is 4.13. The normalized spacial score (nSPS) is 10.1. The van der Waals surface area contributed by atoms with E-state index in [0.29, 0.717) is 0 Å². The highest BCUT2D eigenvalue weighted by Crippen LogP contribution is 2.37. The third-order valence-corrected chi connectivity index (χ3v) is 2.80. The summed E-state index contributed by atoms with van der Waals surface area (Å²) in [5.41, 5.74) is 1.19. The summed E-state index contributed by atoms with van der Waals surface area (Å²) < 4.78 is 11.0. The fraction of sp³-hybridized carbons (Fsp3) is 0.500. The molecule has 3 heteroatoms. The Morgan fingerprint density at radius 3 is 2.60 bits per heavy atom. The van der Waals surface area contributed by atoms with Crippen LogP contribution in [0.25, 0.3) is 0 Å². The van der Waals surface area contributed by atoms with E-state index in [0.717, 1.165) is 29.4 Å². The van der Waals surface area contributed by atoms with Crippen LogP contribution >= 0.6 is 11.8 Å². The van der Waals surface area contributed by atoms with Crippen molar-refractivity contribution in [3.8, 4) is 11.5 Å². The van der Waals surface area contributed by atoms with Crippen molar-refractivity contribution in [2.75, 3.05) is 20.0 Å². The number of rotatable bonds is 5. The Morgan fingerprint density at radius 2 is 2.07 bits per heavy atom. The average Bonchev–Trinajstić information content (AvgIpc) is 2.26. The fourth-order valence-electron chi connectivity index (χ4n) is 1.36. The van der Waals surface area contributed by atoms with Crippen LogP contribution in [0, 0.1) is 6.92 Å². The van der Waals surface area contributed by atoms with Gasteiger partial charge in [0.2, 0.25) is 0 Å². The van der Waals surface area contributed by atoms with E-state index < -0.39 is 0 Å². The van der Waals surface area contributed by atoms with Crippen LogP contribution in [0.1, 0.15) is 18.9 Å². The second-order valence-electron chi connectivity index (χ2n) is 3.35. The van der Waals surface area contributed by atoms with Crippen LogP contribution in [0.4, 0.5) is 0 Å². The SMILES string of the molecule is CCCOc1c(OC)cc(C)cc1SC. The molecule has 1 aromatic carbocycles. The Kier molecular flexibility index (Phi) is 4.82. The van der Waals surface area contributed by atoms with Crippen LogP contribution in [-0.4, -0.2) is 20.0 Å². The minimum absolute atomic E-state index is 0.729. The maximum atomic E-state index is 5.71. The molecule has 0 saturated heterocycles. The van der Waals surface area contributed by atoms with Crippen LogP contribution in [0.3, 0.4) is 0 Å². The molecule has 0 heterocycles. The van der Waals surface area contributed by atoms with Crippen molar-refractivity contribution in [2.45, 2.75) is 25.2 Å². The van der Waals surface area contributed by atoms with Crippen molar-refractivity contribution in [3.63, 3.8) is 0 Å². The minimum Gasteiger partial charge on any atom is -0.493 e. The molecule has 0 aliphatic carbocycles. The lowest BCUT2D eigenvalue weighted by Gasteiger charge is -2.14. The number of hydrogen-bond acceptors (Lipinski definition) is 3. The van der Waals surface area contributed by atoms with Gasteiger partial charge in [-0.1, -0.05) is 6.92 Å². The van der Waals surface area contributed by atoms with Gasteiger partial charge in [0.25, 0.3) is 0 Å². The van der Waals surface area contributed by atoms with Gasteiger partial charge in [-0.2, -0.15) is 0 Å². The highest BCUT2D eigenvalue weighted by atomic mass is 32.2. The molecule has 0 radical (unpaired) electrons. The Labute approximate surface area is 96.0 Å². The monoisotopic (exact) mass is 226 g/mol. The predicted molar refractivity (Wildman–Crippen MR) is 65.3 cm³/mol. The van der Waals surface area contributed by atoms with E-state index in [-0.39, 0.29) is 0 Å². The Balaban J connectivity index is 3.06. The van der Waals surface area contributed by atoms with E-state index in [1.165, 1.54) is 5.56 Å². The first-order chi connectivity index (χ1) is 7.22. The zero-order valence-corrected chi connectivity index (χ0v) is 10.6. The summed E-state index contributed by atoms with van der Waals surface area (Å²) in [4.78, 5) is 1.14. The molecule has 15 heavy (non-hydrogen) atoms.